The maximum Gasteiger partial charge on any atom is 0.228 e. The number of pyridine rings is 1. The molecule has 6 nitrogen and oxygen atoms in total. The summed E-state index contributed by atoms with van der Waals surface area (Å²) in [7, 11) is 0. The second kappa shape index (κ2) is 8.99. The average molecular weight is 380 g/mol. The lowest BCUT2D eigenvalue weighted by molar-refractivity contribution is -0.118. The van der Waals surface area contributed by atoms with Gasteiger partial charge in [0.1, 0.15) is 5.82 Å². The number of hydrogen-bond acceptors (Lipinski definition) is 4. The molecule has 148 valence electrons. The number of anilines is 1. The van der Waals surface area contributed by atoms with E-state index in [4.69, 9.17) is 0 Å². The summed E-state index contributed by atoms with van der Waals surface area (Å²) in [6.45, 7) is 6.20. The number of benzene rings is 1. The Morgan fingerprint density at radius 2 is 1.96 bits per heavy atom. The van der Waals surface area contributed by atoms with Crippen molar-refractivity contribution in [1.82, 2.24) is 15.3 Å². The van der Waals surface area contributed by atoms with E-state index in [1.165, 1.54) is 10.9 Å². The molecule has 1 aromatic carbocycles. The van der Waals surface area contributed by atoms with Crippen LogP contribution in [0.1, 0.15) is 38.0 Å². The first-order valence-electron chi connectivity index (χ1n) is 9.67. The third-order valence-corrected chi connectivity index (χ3v) is 4.81. The first-order chi connectivity index (χ1) is 13.4. The van der Waals surface area contributed by atoms with Crippen molar-refractivity contribution in [3.63, 3.8) is 0 Å². The highest BCUT2D eigenvalue weighted by Crippen LogP contribution is 2.19. The lowest BCUT2D eigenvalue weighted by Crippen LogP contribution is -2.32. The Morgan fingerprint density at radius 1 is 1.18 bits per heavy atom. The Hall–Kier alpha value is -2.70. The molecule has 2 aromatic heterocycles. The molecule has 4 N–H and O–H groups in total. The van der Waals surface area contributed by atoms with Crippen molar-refractivity contribution in [3.05, 3.63) is 59.9 Å². The van der Waals surface area contributed by atoms with Gasteiger partial charge in [0, 0.05) is 47.4 Å². The van der Waals surface area contributed by atoms with Crippen LogP contribution in [0.15, 0.2) is 48.8 Å². The standard InChI is InChI=1S/C22H28N4O2/c1-14(2)22(28)26-21-9-8-16(11-25-21)20(27)13-23-15(3)10-17-12-24-19-7-5-4-6-18(17)19/h4-9,11-12,14-15,20,23-24,27H,10,13H2,1-3H3,(H,25,26,28)/t15-,20+/m1/s1. The topological polar surface area (TPSA) is 90.0 Å². The zero-order valence-corrected chi connectivity index (χ0v) is 16.6. The number of hydrogen-bond donors (Lipinski definition) is 4. The van der Waals surface area contributed by atoms with Crippen LogP contribution in [0.2, 0.25) is 0 Å². The van der Waals surface area contributed by atoms with Crippen LogP contribution in [0.4, 0.5) is 5.82 Å². The van der Waals surface area contributed by atoms with Crippen molar-refractivity contribution in [1.29, 1.82) is 0 Å². The van der Waals surface area contributed by atoms with Gasteiger partial charge in [-0.25, -0.2) is 4.98 Å². The van der Waals surface area contributed by atoms with Crippen LogP contribution in [0.25, 0.3) is 10.9 Å². The third kappa shape index (κ3) is 4.97. The fourth-order valence-corrected chi connectivity index (χ4v) is 3.08. The van der Waals surface area contributed by atoms with Gasteiger partial charge in [-0.15, -0.1) is 0 Å². The molecule has 0 saturated heterocycles. The van der Waals surface area contributed by atoms with Crippen molar-refractivity contribution >= 4 is 22.6 Å². The molecule has 0 aliphatic rings. The van der Waals surface area contributed by atoms with Crippen molar-refractivity contribution < 1.29 is 9.90 Å². The van der Waals surface area contributed by atoms with Gasteiger partial charge in [-0.3, -0.25) is 4.79 Å². The van der Waals surface area contributed by atoms with E-state index in [2.05, 4.69) is 39.7 Å². The van der Waals surface area contributed by atoms with E-state index in [1.54, 1.807) is 18.3 Å². The number of carbonyl (C=O) groups excluding carboxylic acids is 1. The molecule has 0 radical (unpaired) electrons. The zero-order valence-electron chi connectivity index (χ0n) is 16.6. The van der Waals surface area contributed by atoms with Crippen LogP contribution < -0.4 is 10.6 Å². The summed E-state index contributed by atoms with van der Waals surface area (Å²) in [6, 6.07) is 12.0. The Labute approximate surface area is 165 Å². The number of aromatic amines is 1. The van der Waals surface area contributed by atoms with Gasteiger partial charge in [-0.1, -0.05) is 38.1 Å². The highest BCUT2D eigenvalue weighted by atomic mass is 16.3. The van der Waals surface area contributed by atoms with Crippen LogP contribution in [0, 0.1) is 5.92 Å². The van der Waals surface area contributed by atoms with Gasteiger partial charge in [0.15, 0.2) is 0 Å². The van der Waals surface area contributed by atoms with Crippen LogP contribution >= 0.6 is 0 Å². The summed E-state index contributed by atoms with van der Waals surface area (Å²) in [5.74, 6) is 0.318. The van der Waals surface area contributed by atoms with Crippen LogP contribution in [0.5, 0.6) is 0 Å². The fraction of sp³-hybridized carbons (Fsp3) is 0.364. The Kier molecular flexibility index (Phi) is 6.44. The molecule has 0 spiro atoms. The molecule has 3 aromatic rings. The molecular formula is C22H28N4O2. The van der Waals surface area contributed by atoms with Gasteiger partial charge >= 0.3 is 0 Å². The van der Waals surface area contributed by atoms with E-state index >= 15 is 0 Å². The monoisotopic (exact) mass is 380 g/mol. The second-order valence-corrected chi connectivity index (χ2v) is 7.51. The summed E-state index contributed by atoms with van der Waals surface area (Å²) in [5, 5.41) is 17.8. The number of nitrogens with zero attached hydrogens (tertiary/aromatic N) is 1. The van der Waals surface area contributed by atoms with E-state index in [0.29, 0.717) is 17.9 Å². The van der Waals surface area contributed by atoms with Crippen molar-refractivity contribution in [2.45, 2.75) is 39.3 Å². The van der Waals surface area contributed by atoms with E-state index < -0.39 is 6.10 Å². The number of para-hydroxylation sites is 1. The largest absolute Gasteiger partial charge is 0.387 e. The number of aromatic nitrogens is 2. The maximum atomic E-state index is 11.7. The minimum absolute atomic E-state index is 0.0754. The third-order valence-electron chi connectivity index (χ3n) is 4.81. The number of carbonyl (C=O) groups is 1. The molecule has 1 amide bonds. The highest BCUT2D eigenvalue weighted by molar-refractivity contribution is 5.91. The van der Waals surface area contributed by atoms with Crippen molar-refractivity contribution in [3.8, 4) is 0 Å². The number of aliphatic hydroxyl groups is 1. The molecule has 28 heavy (non-hydrogen) atoms. The summed E-state index contributed by atoms with van der Waals surface area (Å²) in [6.07, 6.45) is 3.86. The Bertz CT molecular complexity index is 918. The maximum absolute atomic E-state index is 11.7. The van der Waals surface area contributed by atoms with Crippen molar-refractivity contribution in [2.24, 2.45) is 5.92 Å². The molecule has 0 saturated carbocycles. The molecule has 0 bridgehead atoms. The van der Waals surface area contributed by atoms with Gasteiger partial charge in [-0.2, -0.15) is 0 Å². The smallest absolute Gasteiger partial charge is 0.228 e. The number of H-pyrrole nitrogens is 1. The number of aliphatic hydroxyl groups excluding tert-OH is 1. The number of fused-ring (bicyclic) bond motifs is 1. The number of nitrogens with one attached hydrogen (secondary N) is 3. The van der Waals surface area contributed by atoms with E-state index in [0.717, 1.165) is 11.9 Å². The fourth-order valence-electron chi connectivity index (χ4n) is 3.08. The van der Waals surface area contributed by atoms with Gasteiger partial charge in [0.25, 0.3) is 0 Å². The normalized spacial score (nSPS) is 13.6. The molecule has 6 heteroatoms. The molecular weight excluding hydrogens is 352 g/mol. The van der Waals surface area contributed by atoms with Crippen LogP contribution in [-0.2, 0) is 11.2 Å². The summed E-state index contributed by atoms with van der Waals surface area (Å²) < 4.78 is 0. The SMILES string of the molecule is CC(C)C(=O)Nc1ccc([C@@H](O)CN[C@H](C)Cc2c[nH]c3ccccc23)cn1. The predicted octanol–water partition coefficient (Wildman–Crippen LogP) is 3.41. The summed E-state index contributed by atoms with van der Waals surface area (Å²) in [5.41, 5.74) is 3.12. The number of rotatable bonds is 8. The number of amides is 1. The average Bonchev–Trinajstić information content (AvgIpc) is 3.09. The Morgan fingerprint density at radius 3 is 2.68 bits per heavy atom. The predicted molar refractivity (Wildman–Crippen MR) is 112 cm³/mol. The minimum Gasteiger partial charge on any atom is -0.387 e. The Balaban J connectivity index is 1.51. The first-order valence-corrected chi connectivity index (χ1v) is 9.67. The zero-order chi connectivity index (χ0) is 20.1. The van der Waals surface area contributed by atoms with Crippen LogP contribution in [0.3, 0.4) is 0 Å². The van der Waals surface area contributed by atoms with E-state index in [9.17, 15) is 9.90 Å². The molecule has 0 unspecified atom stereocenters. The van der Waals surface area contributed by atoms with Crippen molar-refractivity contribution in [2.75, 3.05) is 11.9 Å². The molecule has 2 heterocycles. The van der Waals surface area contributed by atoms with Gasteiger partial charge in [0.2, 0.25) is 5.91 Å². The molecule has 0 aliphatic heterocycles. The minimum atomic E-state index is -0.659. The molecule has 0 fully saturated rings. The second-order valence-electron chi connectivity index (χ2n) is 7.51. The van der Waals surface area contributed by atoms with Gasteiger partial charge in [-0.05, 0) is 31.0 Å². The van der Waals surface area contributed by atoms with Crippen LogP contribution in [-0.4, -0.2) is 33.6 Å². The molecule has 0 aliphatic carbocycles. The van der Waals surface area contributed by atoms with E-state index in [1.807, 2.05) is 32.2 Å². The molecule has 3 rings (SSSR count). The lowest BCUT2D eigenvalue weighted by atomic mass is 10.1. The van der Waals surface area contributed by atoms with E-state index in [-0.39, 0.29) is 17.9 Å². The lowest BCUT2D eigenvalue weighted by Gasteiger charge is -2.17. The summed E-state index contributed by atoms with van der Waals surface area (Å²) >= 11 is 0. The summed E-state index contributed by atoms with van der Waals surface area (Å²) in [4.78, 5) is 19.2. The van der Waals surface area contributed by atoms with Gasteiger partial charge in [0.05, 0.1) is 6.10 Å². The molecule has 2 atom stereocenters. The van der Waals surface area contributed by atoms with Gasteiger partial charge < -0.3 is 20.7 Å². The highest BCUT2D eigenvalue weighted by Gasteiger charge is 2.13. The quantitative estimate of drug-likeness (QED) is 0.482. The first kappa shape index (κ1) is 20.0.